The molecule has 4 aromatic rings. The van der Waals surface area contributed by atoms with Gasteiger partial charge in [-0.3, -0.25) is 9.05 Å². The first kappa shape index (κ1) is 50.1. The fourth-order valence-corrected chi connectivity index (χ4v) is 9.96. The van der Waals surface area contributed by atoms with E-state index in [1.807, 2.05) is 6.07 Å². The fourth-order valence-electron chi connectivity index (χ4n) is 8.45. The van der Waals surface area contributed by atoms with Crippen LogP contribution in [0.3, 0.4) is 0 Å². The monoisotopic (exact) mass is 936 g/mol. The van der Waals surface area contributed by atoms with Gasteiger partial charge in [-0.25, -0.2) is 18.5 Å². The summed E-state index contributed by atoms with van der Waals surface area (Å²) in [5.41, 5.74) is 5.34. The number of nitrogens with zero attached hydrogens (tertiary/aromatic N) is 5. The van der Waals surface area contributed by atoms with Crippen molar-refractivity contribution in [2.24, 2.45) is 0 Å². The number of phosphoric ester groups is 1. The first-order chi connectivity index (χ1) is 31.4. The molecule has 2 aliphatic rings. The SMILES string of the molecule is CCCCCCCCCCCCCCCCCC[C@@H](COP(=O)(OC[C@@]1(C#N)O[C@@H](c2ccc3c(N)ncnn23)[C@@H]2OC(C)(C)O[C@@H]21)Oc1ccccc1Cl)Oc1cc(F)cc(C#N)c1. The Balaban J connectivity index is 1.11. The zero-order chi connectivity index (χ0) is 46.3. The minimum atomic E-state index is -4.69. The van der Waals surface area contributed by atoms with Gasteiger partial charge in [0.25, 0.3) is 0 Å². The minimum Gasteiger partial charge on any atom is -0.488 e. The van der Waals surface area contributed by atoms with E-state index in [4.69, 9.17) is 49.9 Å². The first-order valence-electron chi connectivity index (χ1n) is 23.1. The zero-order valence-electron chi connectivity index (χ0n) is 37.8. The number of halogens is 2. The van der Waals surface area contributed by atoms with Crippen LogP contribution in [-0.2, 0) is 27.8 Å². The second-order valence-corrected chi connectivity index (χ2v) is 19.4. The average molecular weight is 937 g/mol. The number of ether oxygens (including phenoxy) is 4. The van der Waals surface area contributed by atoms with E-state index in [0.29, 0.717) is 17.6 Å². The molecule has 352 valence electrons. The Kier molecular flexibility index (Phi) is 18.4. The Morgan fingerprint density at radius 1 is 0.892 bits per heavy atom. The van der Waals surface area contributed by atoms with Crippen molar-refractivity contribution in [3.63, 3.8) is 0 Å². The number of unbranched alkanes of at least 4 members (excludes halogenated alkanes) is 15. The molecule has 17 heteroatoms. The van der Waals surface area contributed by atoms with Crippen LogP contribution in [0.2, 0.25) is 5.02 Å². The van der Waals surface area contributed by atoms with Gasteiger partial charge in [0, 0.05) is 6.07 Å². The molecule has 65 heavy (non-hydrogen) atoms. The van der Waals surface area contributed by atoms with Crippen LogP contribution >= 0.6 is 19.4 Å². The summed E-state index contributed by atoms with van der Waals surface area (Å²) in [5.74, 6) is -1.41. The number of para-hydroxylation sites is 1. The predicted molar refractivity (Wildman–Crippen MR) is 245 cm³/mol. The molecule has 1 unspecified atom stereocenters. The Hall–Kier alpha value is -4.31. The van der Waals surface area contributed by atoms with Gasteiger partial charge in [0.1, 0.15) is 66.3 Å². The molecule has 0 amide bonds. The Morgan fingerprint density at radius 2 is 1.55 bits per heavy atom. The van der Waals surface area contributed by atoms with Crippen LogP contribution in [0, 0.1) is 28.5 Å². The molecule has 2 aromatic carbocycles. The number of fused-ring (bicyclic) bond motifs is 2. The van der Waals surface area contributed by atoms with Crippen LogP contribution in [0.15, 0.2) is 60.9 Å². The Labute approximate surface area is 387 Å². The molecule has 2 N–H and O–H groups in total. The molecule has 2 aliphatic heterocycles. The zero-order valence-corrected chi connectivity index (χ0v) is 39.5. The fraction of sp³-hybridized carbons (Fsp3) is 0.583. The van der Waals surface area contributed by atoms with Crippen molar-refractivity contribution in [3.8, 4) is 23.6 Å². The predicted octanol–water partition coefficient (Wildman–Crippen LogP) is 12.1. The van der Waals surface area contributed by atoms with Crippen molar-refractivity contribution < 1.29 is 41.5 Å². The third-order valence-electron chi connectivity index (χ3n) is 11.8. The van der Waals surface area contributed by atoms with Crippen molar-refractivity contribution in [1.29, 1.82) is 10.5 Å². The van der Waals surface area contributed by atoms with Gasteiger partial charge in [0.05, 0.1) is 29.0 Å². The quantitative estimate of drug-likeness (QED) is 0.0419. The summed E-state index contributed by atoms with van der Waals surface area (Å²) < 4.78 is 74.4. The lowest BCUT2D eigenvalue weighted by Gasteiger charge is -2.30. The number of phosphoric acid groups is 1. The van der Waals surface area contributed by atoms with E-state index in [0.717, 1.165) is 31.7 Å². The standard InChI is InChI=1S/C48H63ClFN6O8P/c1-4-5-6-7-8-9-10-11-12-13-14-15-16-17-18-19-22-37(60-38-28-35(30-51)27-36(50)29-38)31-58-65(57,64-42-24-21-20-23-39(42)49)59-33-48(32-52)45-44(61-47(2,3)63-45)43(62-48)40-25-26-41-46(53)54-34-55-56(40)41/h20-21,23-29,34,37,43-45H,4-19,22,31,33H2,1-3H3,(H2,53,54,55)/t37-,43-,44-,45-,48+,65?/m0/s1. The van der Waals surface area contributed by atoms with Gasteiger partial charge in [0.2, 0.25) is 5.60 Å². The number of rotatable bonds is 28. The van der Waals surface area contributed by atoms with Gasteiger partial charge in [0.15, 0.2) is 11.6 Å². The van der Waals surface area contributed by atoms with Crippen molar-refractivity contribution in [2.45, 2.75) is 166 Å². The van der Waals surface area contributed by atoms with Crippen molar-refractivity contribution in [2.75, 3.05) is 18.9 Å². The van der Waals surface area contributed by atoms with E-state index in [2.05, 4.69) is 23.1 Å². The van der Waals surface area contributed by atoms with Crippen LogP contribution in [0.5, 0.6) is 11.5 Å². The number of aromatic nitrogens is 3. The maximum Gasteiger partial charge on any atom is 0.530 e. The molecule has 2 aromatic heterocycles. The van der Waals surface area contributed by atoms with Gasteiger partial charge in [-0.1, -0.05) is 127 Å². The average Bonchev–Trinajstić information content (AvgIpc) is 3.95. The summed E-state index contributed by atoms with van der Waals surface area (Å²) >= 11 is 6.47. The van der Waals surface area contributed by atoms with Crippen molar-refractivity contribution in [3.05, 3.63) is 83.0 Å². The van der Waals surface area contributed by atoms with Crippen LogP contribution in [0.25, 0.3) is 5.52 Å². The molecule has 4 heterocycles. The van der Waals surface area contributed by atoms with E-state index in [9.17, 15) is 19.5 Å². The number of anilines is 1. The highest BCUT2D eigenvalue weighted by molar-refractivity contribution is 7.49. The highest BCUT2D eigenvalue weighted by Gasteiger charge is 2.65. The Bertz CT molecular complexity index is 2290. The molecule has 6 rings (SSSR count). The van der Waals surface area contributed by atoms with Gasteiger partial charge in [-0.15, -0.1) is 0 Å². The van der Waals surface area contributed by atoms with Gasteiger partial charge in [-0.2, -0.15) is 15.6 Å². The molecule has 0 aliphatic carbocycles. The van der Waals surface area contributed by atoms with E-state index >= 15 is 0 Å². The van der Waals surface area contributed by atoms with Crippen molar-refractivity contribution in [1.82, 2.24) is 14.6 Å². The normalized spacial score (nSPS) is 21.4. The number of hydrogen-bond donors (Lipinski definition) is 1. The van der Waals surface area contributed by atoms with E-state index in [1.54, 1.807) is 48.7 Å². The van der Waals surface area contributed by atoms with Crippen LogP contribution in [-0.4, -0.2) is 57.5 Å². The minimum absolute atomic E-state index is 0.00387. The third kappa shape index (κ3) is 13.9. The lowest BCUT2D eigenvalue weighted by atomic mass is 9.96. The lowest BCUT2D eigenvalue weighted by molar-refractivity contribution is -0.204. The second kappa shape index (κ2) is 23.9. The molecule has 0 spiro atoms. The van der Waals surface area contributed by atoms with Gasteiger partial charge < -0.3 is 29.2 Å². The van der Waals surface area contributed by atoms with Crippen LogP contribution in [0.1, 0.15) is 147 Å². The van der Waals surface area contributed by atoms with Crippen LogP contribution in [0.4, 0.5) is 10.2 Å². The number of nitrogens with two attached hydrogens (primary N) is 1. The van der Waals surface area contributed by atoms with E-state index < -0.39 is 56.1 Å². The summed E-state index contributed by atoms with van der Waals surface area (Å²) in [7, 11) is -4.69. The molecular weight excluding hydrogens is 874 g/mol. The highest BCUT2D eigenvalue weighted by atomic mass is 35.5. The molecule has 0 radical (unpaired) electrons. The molecule has 6 atom stereocenters. The van der Waals surface area contributed by atoms with Gasteiger partial charge in [-0.05, 0) is 63.1 Å². The number of hydrogen-bond acceptors (Lipinski definition) is 13. The second-order valence-electron chi connectivity index (χ2n) is 17.4. The maximum absolute atomic E-state index is 14.9. The number of nitriles is 2. The lowest BCUT2D eigenvalue weighted by Crippen LogP contribution is -2.46. The molecule has 14 nitrogen and oxygen atoms in total. The molecule has 2 saturated heterocycles. The first-order valence-corrected chi connectivity index (χ1v) is 25.0. The molecular formula is C48H63ClFN6O8P. The number of benzene rings is 2. The summed E-state index contributed by atoms with van der Waals surface area (Å²) in [4.78, 5) is 4.07. The van der Waals surface area contributed by atoms with Crippen LogP contribution < -0.4 is 15.0 Å². The summed E-state index contributed by atoms with van der Waals surface area (Å²) in [6, 6.07) is 17.7. The molecule has 0 saturated carbocycles. The van der Waals surface area contributed by atoms with Crippen molar-refractivity contribution >= 4 is 30.8 Å². The molecule has 2 fully saturated rings. The van der Waals surface area contributed by atoms with Gasteiger partial charge >= 0.3 is 7.82 Å². The van der Waals surface area contributed by atoms with E-state index in [1.165, 1.54) is 102 Å². The largest absolute Gasteiger partial charge is 0.530 e. The summed E-state index contributed by atoms with van der Waals surface area (Å²) in [5, 5.41) is 24.8. The topological polar surface area (TPSA) is 185 Å². The summed E-state index contributed by atoms with van der Waals surface area (Å²) in [6.07, 6.45) is 17.7. The highest BCUT2D eigenvalue weighted by Crippen LogP contribution is 2.55. The third-order valence-corrected chi connectivity index (χ3v) is 13.4. The maximum atomic E-state index is 14.9. The summed E-state index contributed by atoms with van der Waals surface area (Å²) in [6.45, 7) is 4.70. The van der Waals surface area contributed by atoms with E-state index in [-0.39, 0.29) is 34.5 Å². The molecule has 0 bridgehead atoms. The number of nitrogen functional groups attached to an aromatic ring is 1. The Morgan fingerprint density at radius 3 is 2.20 bits per heavy atom. The smallest absolute Gasteiger partial charge is 0.488 e.